The van der Waals surface area contributed by atoms with Gasteiger partial charge in [0, 0.05) is 18.7 Å². The summed E-state index contributed by atoms with van der Waals surface area (Å²) in [6.07, 6.45) is 0.794. The Kier molecular flexibility index (Phi) is 3.76. The summed E-state index contributed by atoms with van der Waals surface area (Å²) >= 11 is 4.80. The van der Waals surface area contributed by atoms with Crippen LogP contribution in [0.4, 0.5) is 10.1 Å². The van der Waals surface area contributed by atoms with Gasteiger partial charge in [-0.1, -0.05) is 12.2 Å². The van der Waals surface area contributed by atoms with Gasteiger partial charge in [0.05, 0.1) is 12.2 Å². The maximum Gasteiger partial charge on any atom is 0.239 e. The summed E-state index contributed by atoms with van der Waals surface area (Å²) in [6, 6.07) is 4.59. The Morgan fingerprint density at radius 3 is 2.94 bits per heavy atom. The highest BCUT2D eigenvalue weighted by atomic mass is 32.1. The Morgan fingerprint density at radius 1 is 1.50 bits per heavy atom. The second-order valence-corrected chi connectivity index (χ2v) is 4.60. The first-order valence-electron chi connectivity index (χ1n) is 5.69. The Morgan fingerprint density at radius 2 is 2.28 bits per heavy atom. The van der Waals surface area contributed by atoms with E-state index in [2.05, 4.69) is 5.32 Å². The van der Waals surface area contributed by atoms with Crippen LogP contribution in [0.3, 0.4) is 0 Å². The number of thiocarbonyl (C=S) groups is 1. The van der Waals surface area contributed by atoms with E-state index in [0.717, 1.165) is 6.42 Å². The number of anilines is 1. The van der Waals surface area contributed by atoms with Gasteiger partial charge >= 0.3 is 0 Å². The zero-order valence-electron chi connectivity index (χ0n) is 9.78. The molecule has 18 heavy (non-hydrogen) atoms. The summed E-state index contributed by atoms with van der Waals surface area (Å²) in [5, 5.41) is 2.75. The number of nitrogens with zero attached hydrogens (tertiary/aromatic N) is 1. The lowest BCUT2D eigenvalue weighted by Gasteiger charge is -2.22. The predicted octanol–water partition coefficient (Wildman–Crippen LogP) is 0.786. The van der Waals surface area contributed by atoms with E-state index in [1.165, 1.54) is 6.07 Å². The number of hydrogen-bond acceptors (Lipinski definition) is 3. The normalized spacial score (nSPS) is 16.1. The Bertz CT molecular complexity index is 492. The molecule has 1 aromatic rings. The van der Waals surface area contributed by atoms with E-state index in [4.69, 9.17) is 18.0 Å². The van der Waals surface area contributed by atoms with Gasteiger partial charge in [0.1, 0.15) is 10.8 Å². The molecule has 2 rings (SSSR count). The zero-order valence-corrected chi connectivity index (χ0v) is 10.6. The van der Waals surface area contributed by atoms with E-state index in [9.17, 15) is 9.18 Å². The second-order valence-electron chi connectivity index (χ2n) is 4.16. The van der Waals surface area contributed by atoms with Gasteiger partial charge in [0.25, 0.3) is 0 Å². The lowest BCUT2D eigenvalue weighted by molar-refractivity contribution is -0.119. The van der Waals surface area contributed by atoms with Crippen LogP contribution in [0.15, 0.2) is 18.2 Å². The molecule has 6 heteroatoms. The Labute approximate surface area is 110 Å². The van der Waals surface area contributed by atoms with E-state index >= 15 is 0 Å². The van der Waals surface area contributed by atoms with E-state index in [-0.39, 0.29) is 17.4 Å². The first-order valence-corrected chi connectivity index (χ1v) is 6.10. The van der Waals surface area contributed by atoms with Crippen molar-refractivity contribution in [3.8, 4) is 0 Å². The van der Waals surface area contributed by atoms with Crippen LogP contribution in [-0.4, -0.2) is 30.5 Å². The molecule has 1 aliphatic rings. The first-order chi connectivity index (χ1) is 8.58. The van der Waals surface area contributed by atoms with Crippen molar-refractivity contribution in [2.45, 2.75) is 6.42 Å². The molecule has 96 valence electrons. The number of hydrogen-bond donors (Lipinski definition) is 2. The van der Waals surface area contributed by atoms with Crippen LogP contribution in [0.2, 0.25) is 0 Å². The van der Waals surface area contributed by atoms with Crippen LogP contribution >= 0.6 is 12.2 Å². The molecule has 1 heterocycles. The molecule has 0 aliphatic carbocycles. The maximum absolute atomic E-state index is 14.0. The van der Waals surface area contributed by atoms with E-state index in [0.29, 0.717) is 24.3 Å². The van der Waals surface area contributed by atoms with Crippen LogP contribution in [0.25, 0.3) is 0 Å². The third kappa shape index (κ3) is 2.76. The van der Waals surface area contributed by atoms with Gasteiger partial charge in [-0.25, -0.2) is 4.39 Å². The fraction of sp³-hybridized carbons (Fsp3) is 0.333. The van der Waals surface area contributed by atoms with Gasteiger partial charge in [0.15, 0.2) is 0 Å². The minimum absolute atomic E-state index is 0.0923. The minimum atomic E-state index is -0.407. The molecule has 3 N–H and O–H groups in total. The highest BCUT2D eigenvalue weighted by molar-refractivity contribution is 7.80. The highest BCUT2D eigenvalue weighted by Crippen LogP contribution is 2.21. The van der Waals surface area contributed by atoms with Crippen molar-refractivity contribution in [2.75, 3.05) is 24.5 Å². The summed E-state index contributed by atoms with van der Waals surface area (Å²) in [6.45, 7) is 1.44. The standard InChI is InChI=1S/C12H14FN3OS/c13-9-6-8(12(14)18)2-3-10(9)16-5-1-4-15-11(17)7-16/h2-3,6H,1,4-5,7H2,(H2,14,18)(H,15,17). The molecule has 0 radical (unpaired) electrons. The molecule has 1 amide bonds. The van der Waals surface area contributed by atoms with Crippen molar-refractivity contribution in [3.05, 3.63) is 29.6 Å². The van der Waals surface area contributed by atoms with Gasteiger partial charge in [-0.2, -0.15) is 0 Å². The quantitative estimate of drug-likeness (QED) is 0.778. The number of rotatable bonds is 2. The lowest BCUT2D eigenvalue weighted by atomic mass is 10.1. The van der Waals surface area contributed by atoms with Crippen molar-refractivity contribution in [3.63, 3.8) is 0 Å². The first kappa shape index (κ1) is 12.8. The third-order valence-corrected chi connectivity index (χ3v) is 3.07. The van der Waals surface area contributed by atoms with E-state index in [1.54, 1.807) is 17.0 Å². The second kappa shape index (κ2) is 5.30. The fourth-order valence-electron chi connectivity index (χ4n) is 1.93. The van der Waals surface area contributed by atoms with Crippen molar-refractivity contribution in [1.29, 1.82) is 0 Å². The molecule has 1 fully saturated rings. The smallest absolute Gasteiger partial charge is 0.239 e. The Balaban J connectivity index is 2.27. The molecule has 1 saturated heterocycles. The molecule has 1 aromatic carbocycles. The van der Waals surface area contributed by atoms with Gasteiger partial charge in [0.2, 0.25) is 5.91 Å². The van der Waals surface area contributed by atoms with Crippen LogP contribution < -0.4 is 16.0 Å². The molecule has 0 spiro atoms. The van der Waals surface area contributed by atoms with Crippen LogP contribution in [0.1, 0.15) is 12.0 Å². The molecule has 0 aromatic heterocycles. The largest absolute Gasteiger partial charge is 0.389 e. The van der Waals surface area contributed by atoms with Crippen molar-refractivity contribution >= 4 is 28.8 Å². The van der Waals surface area contributed by atoms with Crippen LogP contribution in [0.5, 0.6) is 0 Å². The number of carbonyl (C=O) groups is 1. The molecule has 0 atom stereocenters. The van der Waals surface area contributed by atoms with Crippen LogP contribution in [-0.2, 0) is 4.79 Å². The van der Waals surface area contributed by atoms with E-state index < -0.39 is 5.82 Å². The molecule has 1 aliphatic heterocycles. The van der Waals surface area contributed by atoms with Gasteiger partial charge in [-0.15, -0.1) is 0 Å². The molecule has 0 unspecified atom stereocenters. The van der Waals surface area contributed by atoms with Crippen molar-refractivity contribution < 1.29 is 9.18 Å². The van der Waals surface area contributed by atoms with Gasteiger partial charge in [-0.3, -0.25) is 4.79 Å². The zero-order chi connectivity index (χ0) is 13.1. The Hall–Kier alpha value is -1.69. The maximum atomic E-state index is 14.0. The number of benzene rings is 1. The fourth-order valence-corrected chi connectivity index (χ4v) is 2.06. The summed E-state index contributed by atoms with van der Waals surface area (Å²) in [5.74, 6) is -0.500. The van der Waals surface area contributed by atoms with Gasteiger partial charge in [-0.05, 0) is 24.6 Å². The number of nitrogens with one attached hydrogen (secondary N) is 1. The monoisotopic (exact) mass is 267 g/mol. The molecular formula is C12H14FN3OS. The van der Waals surface area contributed by atoms with Crippen molar-refractivity contribution in [1.82, 2.24) is 5.32 Å². The highest BCUT2D eigenvalue weighted by Gasteiger charge is 2.18. The van der Waals surface area contributed by atoms with Crippen LogP contribution in [0, 0.1) is 5.82 Å². The molecule has 4 nitrogen and oxygen atoms in total. The topological polar surface area (TPSA) is 58.4 Å². The predicted molar refractivity (Wildman–Crippen MR) is 72.1 cm³/mol. The third-order valence-electron chi connectivity index (χ3n) is 2.83. The number of halogens is 1. The summed E-state index contributed by atoms with van der Waals surface area (Å²) in [4.78, 5) is 13.3. The molecule has 0 saturated carbocycles. The summed E-state index contributed by atoms with van der Waals surface area (Å²) in [7, 11) is 0. The average Bonchev–Trinajstić information content (AvgIpc) is 2.53. The van der Waals surface area contributed by atoms with Crippen molar-refractivity contribution in [2.24, 2.45) is 5.73 Å². The number of nitrogens with two attached hydrogens (primary N) is 1. The lowest BCUT2D eigenvalue weighted by Crippen LogP contribution is -2.33. The minimum Gasteiger partial charge on any atom is -0.389 e. The number of amides is 1. The van der Waals surface area contributed by atoms with E-state index in [1.807, 2.05) is 0 Å². The summed E-state index contributed by atoms with van der Waals surface area (Å²) in [5.41, 5.74) is 6.35. The average molecular weight is 267 g/mol. The van der Waals surface area contributed by atoms with Gasteiger partial charge < -0.3 is 16.0 Å². The summed E-state index contributed by atoms with van der Waals surface area (Å²) < 4.78 is 14.0. The molecule has 0 bridgehead atoms. The molecular weight excluding hydrogens is 253 g/mol. The number of carbonyl (C=O) groups excluding carboxylic acids is 1. The SMILES string of the molecule is NC(=S)c1ccc(N2CCCNC(=O)C2)c(F)c1.